The lowest BCUT2D eigenvalue weighted by Crippen LogP contribution is -2.43. The van der Waals surface area contributed by atoms with E-state index in [2.05, 4.69) is 17.4 Å². The van der Waals surface area contributed by atoms with Crippen molar-refractivity contribution < 1.29 is 9.53 Å². The van der Waals surface area contributed by atoms with E-state index in [0.29, 0.717) is 0 Å². The van der Waals surface area contributed by atoms with Crippen LogP contribution in [0.15, 0.2) is 30.3 Å². The molecular formula is C16H22N2O2. The molecule has 0 saturated carbocycles. The SMILES string of the molecule is COC1CNC(C(=O)N2CCCC2c2ccccc2)C1. The Hall–Kier alpha value is -1.39. The third kappa shape index (κ3) is 2.58. The zero-order valence-corrected chi connectivity index (χ0v) is 11.9. The smallest absolute Gasteiger partial charge is 0.240 e. The molecule has 4 heteroatoms. The van der Waals surface area contributed by atoms with Gasteiger partial charge in [-0.25, -0.2) is 0 Å². The van der Waals surface area contributed by atoms with Gasteiger partial charge in [0.15, 0.2) is 0 Å². The number of rotatable bonds is 3. The lowest BCUT2D eigenvalue weighted by molar-refractivity contribution is -0.134. The Balaban J connectivity index is 1.71. The molecule has 1 aromatic carbocycles. The molecule has 2 saturated heterocycles. The van der Waals surface area contributed by atoms with Gasteiger partial charge in [0.1, 0.15) is 0 Å². The Bertz CT molecular complexity index is 463. The molecule has 2 fully saturated rings. The van der Waals surface area contributed by atoms with Gasteiger partial charge in [-0.15, -0.1) is 0 Å². The van der Waals surface area contributed by atoms with E-state index >= 15 is 0 Å². The number of benzene rings is 1. The molecular weight excluding hydrogens is 252 g/mol. The zero-order valence-electron chi connectivity index (χ0n) is 11.9. The normalized spacial score (nSPS) is 29.9. The number of carbonyl (C=O) groups is 1. The van der Waals surface area contributed by atoms with Crippen LogP contribution in [0, 0.1) is 0 Å². The van der Waals surface area contributed by atoms with E-state index in [1.807, 2.05) is 23.1 Å². The van der Waals surface area contributed by atoms with E-state index in [1.165, 1.54) is 5.56 Å². The molecule has 20 heavy (non-hydrogen) atoms. The predicted molar refractivity (Wildman–Crippen MR) is 77.3 cm³/mol. The fourth-order valence-electron chi connectivity index (χ4n) is 3.32. The number of ether oxygens (including phenoxy) is 1. The molecule has 2 aliphatic rings. The van der Waals surface area contributed by atoms with Crippen LogP contribution in [-0.4, -0.2) is 43.2 Å². The van der Waals surface area contributed by atoms with Gasteiger partial charge in [-0.1, -0.05) is 30.3 Å². The second-order valence-electron chi connectivity index (χ2n) is 5.65. The van der Waals surface area contributed by atoms with Crippen LogP contribution in [0.4, 0.5) is 0 Å². The van der Waals surface area contributed by atoms with Crippen molar-refractivity contribution in [2.24, 2.45) is 0 Å². The fraction of sp³-hybridized carbons (Fsp3) is 0.562. The maximum absolute atomic E-state index is 12.7. The van der Waals surface area contributed by atoms with Crippen LogP contribution in [0.1, 0.15) is 30.9 Å². The van der Waals surface area contributed by atoms with Crippen LogP contribution < -0.4 is 5.32 Å². The number of likely N-dealkylation sites (tertiary alicyclic amines) is 1. The van der Waals surface area contributed by atoms with Gasteiger partial charge in [-0.2, -0.15) is 0 Å². The van der Waals surface area contributed by atoms with E-state index in [9.17, 15) is 4.79 Å². The Morgan fingerprint density at radius 2 is 2.15 bits per heavy atom. The highest BCUT2D eigenvalue weighted by Gasteiger charge is 2.37. The minimum atomic E-state index is -0.0794. The Morgan fingerprint density at radius 1 is 1.35 bits per heavy atom. The van der Waals surface area contributed by atoms with Crippen molar-refractivity contribution in [2.45, 2.75) is 37.5 Å². The first-order valence-electron chi connectivity index (χ1n) is 7.41. The van der Waals surface area contributed by atoms with Crippen LogP contribution in [0.3, 0.4) is 0 Å². The Labute approximate surface area is 120 Å². The van der Waals surface area contributed by atoms with E-state index in [4.69, 9.17) is 4.74 Å². The van der Waals surface area contributed by atoms with Crippen LogP contribution in [0.25, 0.3) is 0 Å². The molecule has 3 rings (SSSR count). The summed E-state index contributed by atoms with van der Waals surface area (Å²) >= 11 is 0. The number of methoxy groups -OCH3 is 1. The summed E-state index contributed by atoms with van der Waals surface area (Å²) in [6.45, 7) is 1.64. The average Bonchev–Trinajstić information content (AvgIpc) is 3.16. The molecule has 1 amide bonds. The summed E-state index contributed by atoms with van der Waals surface area (Å²) in [6, 6.07) is 10.5. The highest BCUT2D eigenvalue weighted by Crippen LogP contribution is 2.32. The number of amides is 1. The van der Waals surface area contributed by atoms with Crippen LogP contribution in [0.2, 0.25) is 0 Å². The summed E-state index contributed by atoms with van der Waals surface area (Å²) in [5, 5.41) is 3.29. The molecule has 0 spiro atoms. The van der Waals surface area contributed by atoms with Crippen molar-refractivity contribution in [3.8, 4) is 0 Å². The van der Waals surface area contributed by atoms with Gasteiger partial charge in [0.2, 0.25) is 5.91 Å². The monoisotopic (exact) mass is 274 g/mol. The molecule has 0 radical (unpaired) electrons. The first-order chi connectivity index (χ1) is 9.79. The summed E-state index contributed by atoms with van der Waals surface area (Å²) < 4.78 is 5.33. The lowest BCUT2D eigenvalue weighted by Gasteiger charge is -2.27. The molecule has 1 N–H and O–H groups in total. The summed E-state index contributed by atoms with van der Waals surface area (Å²) in [6.07, 6.45) is 3.11. The van der Waals surface area contributed by atoms with Gasteiger partial charge in [0.05, 0.1) is 18.2 Å². The third-order valence-electron chi connectivity index (χ3n) is 4.44. The minimum absolute atomic E-state index is 0.0794. The quantitative estimate of drug-likeness (QED) is 0.912. The number of nitrogens with zero attached hydrogens (tertiary/aromatic N) is 1. The van der Waals surface area contributed by atoms with E-state index in [0.717, 1.165) is 32.4 Å². The van der Waals surface area contributed by atoms with Crippen molar-refractivity contribution in [3.63, 3.8) is 0 Å². The Kier molecular flexibility index (Phi) is 4.03. The molecule has 3 atom stereocenters. The number of hydrogen-bond donors (Lipinski definition) is 1. The predicted octanol–water partition coefficient (Wildman–Crippen LogP) is 1.73. The summed E-state index contributed by atoms with van der Waals surface area (Å²) in [7, 11) is 1.71. The molecule has 0 bridgehead atoms. The highest BCUT2D eigenvalue weighted by molar-refractivity contribution is 5.83. The zero-order chi connectivity index (χ0) is 13.9. The number of hydrogen-bond acceptors (Lipinski definition) is 3. The number of carbonyl (C=O) groups excluding carboxylic acids is 1. The molecule has 2 aliphatic heterocycles. The van der Waals surface area contributed by atoms with Crippen LogP contribution in [-0.2, 0) is 9.53 Å². The first-order valence-corrected chi connectivity index (χ1v) is 7.41. The maximum Gasteiger partial charge on any atom is 0.240 e. The van der Waals surface area contributed by atoms with Gasteiger partial charge in [-0.3, -0.25) is 4.79 Å². The summed E-state index contributed by atoms with van der Waals surface area (Å²) in [4.78, 5) is 14.7. The second-order valence-corrected chi connectivity index (χ2v) is 5.65. The lowest BCUT2D eigenvalue weighted by atomic mass is 10.0. The molecule has 108 valence electrons. The maximum atomic E-state index is 12.7. The van der Waals surface area contributed by atoms with Gasteiger partial charge in [0.25, 0.3) is 0 Å². The van der Waals surface area contributed by atoms with Gasteiger partial charge >= 0.3 is 0 Å². The molecule has 0 aromatic heterocycles. The minimum Gasteiger partial charge on any atom is -0.380 e. The standard InChI is InChI=1S/C16H22N2O2/c1-20-13-10-14(17-11-13)16(19)18-9-5-8-15(18)12-6-3-2-4-7-12/h2-4,6-7,13-15,17H,5,8-11H2,1H3. The van der Waals surface area contributed by atoms with Crippen molar-refractivity contribution in [1.82, 2.24) is 10.2 Å². The van der Waals surface area contributed by atoms with Crippen molar-refractivity contribution in [2.75, 3.05) is 20.2 Å². The van der Waals surface area contributed by atoms with Crippen molar-refractivity contribution in [1.29, 1.82) is 0 Å². The van der Waals surface area contributed by atoms with E-state index in [1.54, 1.807) is 7.11 Å². The van der Waals surface area contributed by atoms with Crippen molar-refractivity contribution >= 4 is 5.91 Å². The van der Waals surface area contributed by atoms with Crippen molar-refractivity contribution in [3.05, 3.63) is 35.9 Å². The largest absolute Gasteiger partial charge is 0.380 e. The Morgan fingerprint density at radius 3 is 2.85 bits per heavy atom. The molecule has 1 aromatic rings. The van der Waals surface area contributed by atoms with Gasteiger partial charge in [0, 0.05) is 20.2 Å². The molecule has 0 aliphatic carbocycles. The topological polar surface area (TPSA) is 41.6 Å². The van der Waals surface area contributed by atoms with Gasteiger partial charge in [-0.05, 0) is 24.8 Å². The third-order valence-corrected chi connectivity index (χ3v) is 4.44. The summed E-state index contributed by atoms with van der Waals surface area (Å²) in [5.74, 6) is 0.232. The number of nitrogens with one attached hydrogen (secondary N) is 1. The van der Waals surface area contributed by atoms with E-state index in [-0.39, 0.29) is 24.1 Å². The highest BCUT2D eigenvalue weighted by atomic mass is 16.5. The van der Waals surface area contributed by atoms with Gasteiger partial charge < -0.3 is 15.0 Å². The molecule has 4 nitrogen and oxygen atoms in total. The second kappa shape index (κ2) is 5.94. The first kappa shape index (κ1) is 13.6. The summed E-state index contributed by atoms with van der Waals surface area (Å²) in [5.41, 5.74) is 1.25. The van der Waals surface area contributed by atoms with Crippen LogP contribution in [0.5, 0.6) is 0 Å². The van der Waals surface area contributed by atoms with Crippen LogP contribution >= 0.6 is 0 Å². The van der Waals surface area contributed by atoms with E-state index < -0.39 is 0 Å². The molecule has 3 unspecified atom stereocenters. The average molecular weight is 274 g/mol. The fourth-order valence-corrected chi connectivity index (χ4v) is 3.32. The molecule has 2 heterocycles.